The normalized spacial score (nSPS) is 16.1. The molecule has 0 bridgehead atoms. The molecule has 3 rings (SSSR count). The number of aromatic nitrogens is 1. The quantitative estimate of drug-likeness (QED) is 0.462. The summed E-state index contributed by atoms with van der Waals surface area (Å²) in [5, 5.41) is 14.6. The van der Waals surface area contributed by atoms with Crippen LogP contribution in [-0.4, -0.2) is 41.1 Å². The molecule has 1 unspecified atom stereocenters. The number of benzene rings is 1. The van der Waals surface area contributed by atoms with Crippen LogP contribution in [0.25, 0.3) is 5.70 Å². The molecule has 28 heavy (non-hydrogen) atoms. The third-order valence-corrected chi connectivity index (χ3v) is 4.37. The fourth-order valence-corrected chi connectivity index (χ4v) is 2.92. The maximum atomic E-state index is 12.1. The van der Waals surface area contributed by atoms with Crippen LogP contribution in [0, 0.1) is 10.1 Å². The summed E-state index contributed by atoms with van der Waals surface area (Å²) in [4.78, 5) is 38.9. The second-order valence-electron chi connectivity index (χ2n) is 6.04. The third-order valence-electron chi connectivity index (χ3n) is 4.37. The van der Waals surface area contributed by atoms with Crippen molar-refractivity contribution in [3.05, 3.63) is 92.0 Å². The van der Waals surface area contributed by atoms with E-state index in [1.807, 2.05) is 0 Å². The fraction of sp³-hybridized carbons (Fsp3) is 0.158. The molecule has 1 atom stereocenters. The highest BCUT2D eigenvalue weighted by Crippen LogP contribution is 2.27. The Hall–Kier alpha value is -3.88. The number of hydrogen-bond donors (Lipinski definition) is 2. The number of ether oxygens (including phenoxy) is 1. The van der Waals surface area contributed by atoms with Crippen molar-refractivity contribution in [2.24, 2.45) is 0 Å². The van der Waals surface area contributed by atoms with Gasteiger partial charge in [0, 0.05) is 25.0 Å². The maximum Gasteiger partial charge on any atom is 0.337 e. The van der Waals surface area contributed by atoms with E-state index >= 15 is 0 Å². The molecule has 2 heterocycles. The van der Waals surface area contributed by atoms with Crippen molar-refractivity contribution in [1.29, 1.82) is 0 Å². The van der Waals surface area contributed by atoms with Crippen molar-refractivity contribution in [2.75, 3.05) is 19.5 Å². The van der Waals surface area contributed by atoms with E-state index in [-0.39, 0.29) is 11.3 Å². The highest BCUT2D eigenvalue weighted by Gasteiger charge is 2.33. The van der Waals surface area contributed by atoms with Crippen molar-refractivity contribution in [1.82, 2.24) is 9.88 Å². The van der Waals surface area contributed by atoms with E-state index in [2.05, 4.69) is 15.0 Å². The molecule has 0 saturated carbocycles. The first-order valence-electron chi connectivity index (χ1n) is 8.34. The lowest BCUT2D eigenvalue weighted by Crippen LogP contribution is -2.43. The Kier molecular flexibility index (Phi) is 5.25. The van der Waals surface area contributed by atoms with Crippen molar-refractivity contribution >= 4 is 17.4 Å². The van der Waals surface area contributed by atoms with Crippen LogP contribution in [0.4, 0.5) is 5.69 Å². The lowest BCUT2D eigenvalue weighted by molar-refractivity contribution is -0.431. The molecule has 144 valence electrons. The van der Waals surface area contributed by atoms with Gasteiger partial charge in [0.25, 0.3) is 11.3 Å². The van der Waals surface area contributed by atoms with Gasteiger partial charge in [0.2, 0.25) is 0 Å². The van der Waals surface area contributed by atoms with Crippen LogP contribution in [0.3, 0.4) is 0 Å². The molecule has 0 aliphatic carbocycles. The molecule has 1 aliphatic rings. The van der Waals surface area contributed by atoms with E-state index < -0.39 is 17.1 Å². The van der Waals surface area contributed by atoms with Gasteiger partial charge in [-0.2, -0.15) is 0 Å². The van der Waals surface area contributed by atoms with Gasteiger partial charge < -0.3 is 19.9 Å². The molecule has 2 aromatic rings. The van der Waals surface area contributed by atoms with E-state index in [0.717, 1.165) is 0 Å². The number of H-pyrrole nitrogens is 1. The molecule has 1 aliphatic heterocycles. The first-order chi connectivity index (χ1) is 13.4. The average Bonchev–Trinajstić information content (AvgIpc) is 2.70. The summed E-state index contributed by atoms with van der Waals surface area (Å²) in [6.45, 7) is 0. The molecule has 0 spiro atoms. The topological polar surface area (TPSA) is 118 Å². The Bertz CT molecular complexity index is 1020. The third kappa shape index (κ3) is 3.63. The van der Waals surface area contributed by atoms with Crippen LogP contribution in [0.2, 0.25) is 0 Å². The summed E-state index contributed by atoms with van der Waals surface area (Å²) in [7, 11) is 2.95. The standard InChI is InChI=1S/C19H18N4O5/c1-22-15(14-4-3-11-20-18(14)24)9-10-16(23(26)27)17(22)21-13-7-5-12(6-8-13)19(25)28-2/h3-11,17,21H,1-2H3,(H,20,24). The minimum atomic E-state index is -0.821. The van der Waals surface area contributed by atoms with Crippen LogP contribution in [0.1, 0.15) is 15.9 Å². The number of nitro groups is 1. The predicted molar refractivity (Wildman–Crippen MR) is 103 cm³/mol. The molecule has 9 heteroatoms. The number of anilines is 1. The molecule has 2 N–H and O–H groups in total. The fourth-order valence-electron chi connectivity index (χ4n) is 2.92. The number of rotatable bonds is 5. The second-order valence-corrected chi connectivity index (χ2v) is 6.04. The zero-order valence-electron chi connectivity index (χ0n) is 15.2. The summed E-state index contributed by atoms with van der Waals surface area (Å²) in [5.74, 6) is -0.472. The van der Waals surface area contributed by atoms with Crippen LogP contribution in [-0.2, 0) is 4.74 Å². The number of nitrogens with zero attached hydrogens (tertiary/aromatic N) is 2. The molecule has 0 amide bonds. The van der Waals surface area contributed by atoms with Gasteiger partial charge in [-0.3, -0.25) is 14.9 Å². The molecule has 1 aromatic heterocycles. The maximum absolute atomic E-state index is 12.1. The van der Waals surface area contributed by atoms with Crippen LogP contribution < -0.4 is 10.9 Å². The van der Waals surface area contributed by atoms with E-state index in [1.54, 1.807) is 54.4 Å². The number of allylic oxidation sites excluding steroid dienone is 2. The number of pyridine rings is 1. The number of methoxy groups -OCH3 is 1. The number of carbonyl (C=O) groups is 1. The largest absolute Gasteiger partial charge is 0.465 e. The SMILES string of the molecule is COC(=O)c1ccc(NC2C([N+](=O)[O-])=CC=C(c3ccc[nH]c3=O)N2C)cc1. The molecule has 1 aromatic carbocycles. The lowest BCUT2D eigenvalue weighted by atomic mass is 10.1. The Labute approximate surface area is 160 Å². The average molecular weight is 382 g/mol. The molecular weight excluding hydrogens is 364 g/mol. The molecular formula is C19H18N4O5. The number of carbonyl (C=O) groups excluding carboxylic acids is 1. The van der Waals surface area contributed by atoms with E-state index in [4.69, 9.17) is 0 Å². The van der Waals surface area contributed by atoms with Crippen LogP contribution in [0.5, 0.6) is 0 Å². The Morgan fingerprint density at radius 3 is 2.57 bits per heavy atom. The van der Waals surface area contributed by atoms with Gasteiger partial charge in [0.15, 0.2) is 6.17 Å². The summed E-state index contributed by atoms with van der Waals surface area (Å²) in [5.41, 5.74) is 1.51. The van der Waals surface area contributed by atoms with Gasteiger partial charge in [0.1, 0.15) is 0 Å². The van der Waals surface area contributed by atoms with Gasteiger partial charge >= 0.3 is 5.97 Å². The van der Waals surface area contributed by atoms with Crippen molar-refractivity contribution < 1.29 is 14.5 Å². The summed E-state index contributed by atoms with van der Waals surface area (Å²) in [6, 6.07) is 9.72. The van der Waals surface area contributed by atoms with Crippen molar-refractivity contribution in [3.63, 3.8) is 0 Å². The van der Waals surface area contributed by atoms with Gasteiger partial charge in [-0.15, -0.1) is 0 Å². The Morgan fingerprint density at radius 1 is 1.25 bits per heavy atom. The highest BCUT2D eigenvalue weighted by molar-refractivity contribution is 5.89. The summed E-state index contributed by atoms with van der Waals surface area (Å²) < 4.78 is 4.66. The minimum absolute atomic E-state index is 0.0735. The summed E-state index contributed by atoms with van der Waals surface area (Å²) >= 11 is 0. The Balaban J connectivity index is 1.93. The van der Waals surface area contributed by atoms with Gasteiger partial charge in [-0.25, -0.2) is 4.79 Å². The smallest absolute Gasteiger partial charge is 0.337 e. The summed E-state index contributed by atoms with van der Waals surface area (Å²) in [6.07, 6.45) is 3.62. The molecule has 0 saturated heterocycles. The highest BCUT2D eigenvalue weighted by atomic mass is 16.6. The molecule has 0 radical (unpaired) electrons. The molecule has 9 nitrogen and oxygen atoms in total. The monoisotopic (exact) mass is 382 g/mol. The van der Waals surface area contributed by atoms with Crippen LogP contribution in [0.15, 0.2) is 65.2 Å². The first-order valence-corrected chi connectivity index (χ1v) is 8.34. The zero-order valence-corrected chi connectivity index (χ0v) is 15.2. The van der Waals surface area contributed by atoms with Gasteiger partial charge in [-0.1, -0.05) is 0 Å². The van der Waals surface area contributed by atoms with Gasteiger partial charge in [-0.05, 0) is 42.5 Å². The van der Waals surface area contributed by atoms with Gasteiger partial charge in [0.05, 0.1) is 28.9 Å². The van der Waals surface area contributed by atoms with E-state index in [0.29, 0.717) is 22.5 Å². The number of likely N-dealkylation sites (N-methyl/N-ethyl adjacent to an activating group) is 1. The second kappa shape index (κ2) is 7.78. The predicted octanol–water partition coefficient (Wildman–Crippen LogP) is 2.05. The van der Waals surface area contributed by atoms with Crippen molar-refractivity contribution in [3.8, 4) is 0 Å². The molecule has 0 fully saturated rings. The minimum Gasteiger partial charge on any atom is -0.465 e. The lowest BCUT2D eigenvalue weighted by Gasteiger charge is -2.33. The number of esters is 1. The zero-order chi connectivity index (χ0) is 20.3. The van der Waals surface area contributed by atoms with E-state index in [1.165, 1.54) is 19.4 Å². The first kappa shape index (κ1) is 18.9. The number of aromatic amines is 1. The van der Waals surface area contributed by atoms with Crippen LogP contribution >= 0.6 is 0 Å². The van der Waals surface area contributed by atoms with Crippen molar-refractivity contribution in [2.45, 2.75) is 6.17 Å². The number of nitrogens with one attached hydrogen (secondary N) is 2. The Morgan fingerprint density at radius 2 is 1.96 bits per heavy atom. The van der Waals surface area contributed by atoms with E-state index in [9.17, 15) is 19.7 Å². The number of hydrogen-bond acceptors (Lipinski definition) is 7.